The second kappa shape index (κ2) is 3.10. The Labute approximate surface area is 96.3 Å². The lowest BCUT2D eigenvalue weighted by Crippen LogP contribution is -2.01. The third kappa shape index (κ3) is 1.05. The first kappa shape index (κ1) is 10.3. The molecule has 7 heteroatoms. The minimum absolute atomic E-state index is 0.0294. The summed E-state index contributed by atoms with van der Waals surface area (Å²) in [7, 11) is 0. The van der Waals surface area contributed by atoms with E-state index in [2.05, 4.69) is 20.4 Å². The molecule has 18 heavy (non-hydrogen) atoms. The molecule has 3 aromatic heterocycles. The highest BCUT2D eigenvalue weighted by Crippen LogP contribution is 2.19. The normalized spacial score (nSPS) is 11.3. The van der Waals surface area contributed by atoms with E-state index in [1.54, 1.807) is 0 Å². The fourth-order valence-electron chi connectivity index (χ4n) is 1.88. The highest BCUT2D eigenvalue weighted by Gasteiger charge is 2.22. The average Bonchev–Trinajstić information content (AvgIpc) is 2.77. The zero-order chi connectivity index (χ0) is 13.0. The van der Waals surface area contributed by atoms with E-state index < -0.39 is 22.5 Å². The van der Waals surface area contributed by atoms with Crippen molar-refractivity contribution in [1.82, 2.24) is 4.98 Å². The molecule has 3 heterocycles. The van der Waals surface area contributed by atoms with Crippen molar-refractivity contribution in [2.24, 2.45) is 0 Å². The van der Waals surface area contributed by atoms with Crippen LogP contribution in [0.5, 0.6) is 0 Å². The van der Waals surface area contributed by atoms with Gasteiger partial charge in [-0.3, -0.25) is 0 Å². The van der Waals surface area contributed by atoms with Gasteiger partial charge < -0.3 is 8.83 Å². The zero-order valence-electron chi connectivity index (χ0n) is 8.68. The Kier molecular flexibility index (Phi) is 1.78. The van der Waals surface area contributed by atoms with Crippen LogP contribution < -0.4 is 22.5 Å². The molecular formula is C11H3NO6. The molecule has 3 rings (SSSR count). The van der Waals surface area contributed by atoms with Gasteiger partial charge in [-0.2, -0.15) is 0 Å². The van der Waals surface area contributed by atoms with Gasteiger partial charge in [-0.25, -0.2) is 24.2 Å². The molecule has 0 aliphatic rings. The summed E-state index contributed by atoms with van der Waals surface area (Å²) in [6.07, 6.45) is 1.18. The van der Waals surface area contributed by atoms with E-state index in [0.29, 0.717) is 0 Å². The van der Waals surface area contributed by atoms with Crippen LogP contribution in [0, 0.1) is 0 Å². The number of furan rings is 2. The molecule has 0 aliphatic carbocycles. The van der Waals surface area contributed by atoms with Crippen molar-refractivity contribution in [2.75, 3.05) is 0 Å². The van der Waals surface area contributed by atoms with Crippen LogP contribution in [0.3, 0.4) is 0 Å². The summed E-state index contributed by atoms with van der Waals surface area (Å²) in [4.78, 5) is 49.3. The first-order valence-corrected chi connectivity index (χ1v) is 4.78. The number of hydrogen-bond acceptors (Lipinski definition) is 7. The Bertz CT molecular complexity index is 936. The van der Waals surface area contributed by atoms with Crippen LogP contribution >= 0.6 is 0 Å². The third-order valence-corrected chi connectivity index (χ3v) is 2.61. The molecule has 0 saturated heterocycles. The van der Waals surface area contributed by atoms with Gasteiger partial charge in [0.2, 0.25) is 0 Å². The Hall–Kier alpha value is -2.83. The summed E-state index contributed by atoms with van der Waals surface area (Å²) in [5.74, 6) is 0. The molecule has 0 aliphatic heterocycles. The molecule has 0 spiro atoms. The van der Waals surface area contributed by atoms with E-state index in [0.717, 1.165) is 0 Å². The monoisotopic (exact) mass is 245 g/mol. The second-order valence-corrected chi connectivity index (χ2v) is 3.53. The topological polar surface area (TPSA) is 107 Å². The Morgan fingerprint density at radius 3 is 1.67 bits per heavy atom. The lowest BCUT2D eigenvalue weighted by Gasteiger charge is -1.93. The highest BCUT2D eigenvalue weighted by molar-refractivity contribution is 6.01. The van der Waals surface area contributed by atoms with Crippen LogP contribution in [-0.4, -0.2) is 4.98 Å². The van der Waals surface area contributed by atoms with Gasteiger partial charge in [0.05, 0.1) is 0 Å². The number of nitrogens with zero attached hydrogens (tertiary/aromatic N) is 1. The summed E-state index contributed by atoms with van der Waals surface area (Å²) in [6.45, 7) is 3.44. The van der Waals surface area contributed by atoms with Crippen molar-refractivity contribution in [3.05, 3.63) is 53.8 Å². The van der Waals surface area contributed by atoms with Crippen LogP contribution in [0.25, 0.3) is 27.9 Å². The average molecular weight is 245 g/mol. The molecule has 3 aromatic rings. The number of fused-ring (bicyclic) bond motifs is 2. The Balaban J connectivity index is 2.89. The molecule has 88 valence electrons. The van der Waals surface area contributed by atoms with Gasteiger partial charge in [0, 0.05) is 5.56 Å². The van der Waals surface area contributed by atoms with Crippen LogP contribution in [0.1, 0.15) is 5.56 Å². The molecule has 0 N–H and O–H groups in total. The molecule has 0 fully saturated rings. The summed E-state index contributed by atoms with van der Waals surface area (Å²) < 4.78 is 8.74. The molecule has 0 aromatic carbocycles. The van der Waals surface area contributed by atoms with Crippen molar-refractivity contribution in [2.45, 2.75) is 0 Å². The van der Waals surface area contributed by atoms with Crippen molar-refractivity contribution < 1.29 is 8.83 Å². The number of aromatic nitrogens is 1. The smallest absolute Gasteiger partial charge is 0.365 e. The van der Waals surface area contributed by atoms with Crippen molar-refractivity contribution in [3.63, 3.8) is 0 Å². The lowest BCUT2D eigenvalue weighted by atomic mass is 10.1. The quantitative estimate of drug-likeness (QED) is 0.570. The van der Waals surface area contributed by atoms with E-state index >= 15 is 0 Å². The molecule has 0 amide bonds. The van der Waals surface area contributed by atoms with E-state index in [4.69, 9.17) is 0 Å². The SMILES string of the molecule is C=Cc1c2c(=O)oc(=O)c2nc2c(=O)oc(=O)c12. The van der Waals surface area contributed by atoms with Crippen molar-refractivity contribution >= 4 is 27.9 Å². The van der Waals surface area contributed by atoms with Crippen LogP contribution in [0.15, 0.2) is 34.6 Å². The van der Waals surface area contributed by atoms with Gasteiger partial charge in [-0.1, -0.05) is 12.7 Å². The van der Waals surface area contributed by atoms with Gasteiger partial charge in [-0.15, -0.1) is 0 Å². The molecule has 0 saturated carbocycles. The van der Waals surface area contributed by atoms with Gasteiger partial charge in [0.25, 0.3) is 0 Å². The molecule has 0 atom stereocenters. The summed E-state index contributed by atoms with van der Waals surface area (Å²) >= 11 is 0. The fraction of sp³-hybridized carbons (Fsp3) is 0. The number of pyridine rings is 1. The van der Waals surface area contributed by atoms with Gasteiger partial charge in [-0.05, 0) is 0 Å². The minimum Gasteiger partial charge on any atom is -0.384 e. The molecular weight excluding hydrogens is 242 g/mol. The number of rotatable bonds is 1. The predicted molar refractivity (Wildman–Crippen MR) is 61.3 cm³/mol. The van der Waals surface area contributed by atoms with Crippen molar-refractivity contribution in [1.29, 1.82) is 0 Å². The van der Waals surface area contributed by atoms with Gasteiger partial charge >= 0.3 is 22.5 Å². The first-order chi connectivity index (χ1) is 8.54. The second-order valence-electron chi connectivity index (χ2n) is 3.53. The maximum absolute atomic E-state index is 11.5. The molecule has 7 nitrogen and oxygen atoms in total. The summed E-state index contributed by atoms with van der Waals surface area (Å²) in [5, 5.41) is -0.333. The highest BCUT2D eigenvalue weighted by atomic mass is 16.4. The van der Waals surface area contributed by atoms with Gasteiger partial charge in [0.1, 0.15) is 10.8 Å². The van der Waals surface area contributed by atoms with Crippen LogP contribution in [-0.2, 0) is 0 Å². The van der Waals surface area contributed by atoms with E-state index in [-0.39, 0.29) is 27.4 Å². The first-order valence-electron chi connectivity index (χ1n) is 4.78. The zero-order valence-corrected chi connectivity index (χ0v) is 8.68. The minimum atomic E-state index is -0.965. The largest absolute Gasteiger partial charge is 0.384 e. The molecule has 0 bridgehead atoms. The fourth-order valence-corrected chi connectivity index (χ4v) is 1.88. The maximum atomic E-state index is 11.5. The Morgan fingerprint density at radius 1 is 0.833 bits per heavy atom. The predicted octanol–water partition coefficient (Wildman–Crippen LogP) is -0.467. The van der Waals surface area contributed by atoms with Gasteiger partial charge in [0.15, 0.2) is 11.0 Å². The van der Waals surface area contributed by atoms with E-state index in [9.17, 15) is 19.2 Å². The Morgan fingerprint density at radius 2 is 1.28 bits per heavy atom. The summed E-state index contributed by atoms with van der Waals surface area (Å²) in [5.41, 5.74) is -4.36. The van der Waals surface area contributed by atoms with Crippen LogP contribution in [0.2, 0.25) is 0 Å². The number of hydrogen-bond donors (Lipinski definition) is 0. The standard InChI is InChI=1S/C11H3NO6/c1-2-3-4-6(10(15)17-8(4)13)12-7-5(3)9(14)18-11(7)16/h2H,1H2. The third-order valence-electron chi connectivity index (χ3n) is 2.61. The van der Waals surface area contributed by atoms with Crippen LogP contribution in [0.4, 0.5) is 0 Å². The van der Waals surface area contributed by atoms with E-state index in [1.807, 2.05) is 0 Å². The summed E-state index contributed by atoms with van der Waals surface area (Å²) in [6, 6.07) is 0. The van der Waals surface area contributed by atoms with E-state index in [1.165, 1.54) is 6.08 Å². The maximum Gasteiger partial charge on any atom is 0.365 e. The molecule has 0 radical (unpaired) electrons. The molecule has 0 unspecified atom stereocenters. The lowest BCUT2D eigenvalue weighted by molar-refractivity contribution is 0.497. The van der Waals surface area contributed by atoms with Crippen molar-refractivity contribution in [3.8, 4) is 0 Å².